The topological polar surface area (TPSA) is 46.6 Å². The standard InChI is InChI=1S/C14H14F3NO3/c1-4-21-14(20)9(7-18(2)3)13(19)8-5-11(16)12(17)6-10(8)15/h5-7H,4H2,1-3H3/b9-7+. The molecule has 1 rings (SSSR count). The van der Waals surface area contributed by atoms with Crippen LogP contribution in [0.25, 0.3) is 0 Å². The fourth-order valence-electron chi connectivity index (χ4n) is 1.51. The summed E-state index contributed by atoms with van der Waals surface area (Å²) in [5.74, 6) is -6.11. The highest BCUT2D eigenvalue weighted by molar-refractivity contribution is 6.24. The minimum atomic E-state index is -1.42. The summed E-state index contributed by atoms with van der Waals surface area (Å²) < 4.78 is 44.3. The molecule has 0 saturated heterocycles. The highest BCUT2D eigenvalue weighted by atomic mass is 19.2. The number of benzene rings is 1. The van der Waals surface area contributed by atoms with Crippen molar-refractivity contribution >= 4 is 11.8 Å². The highest BCUT2D eigenvalue weighted by Gasteiger charge is 2.25. The Hall–Kier alpha value is -2.31. The largest absolute Gasteiger partial charge is 0.462 e. The molecule has 21 heavy (non-hydrogen) atoms. The van der Waals surface area contributed by atoms with Crippen LogP contribution >= 0.6 is 0 Å². The molecule has 0 aliphatic carbocycles. The van der Waals surface area contributed by atoms with E-state index in [-0.39, 0.29) is 12.7 Å². The smallest absolute Gasteiger partial charge is 0.343 e. The third-order valence-electron chi connectivity index (χ3n) is 2.38. The molecule has 1 aromatic carbocycles. The maximum absolute atomic E-state index is 13.6. The van der Waals surface area contributed by atoms with Gasteiger partial charge in [0.1, 0.15) is 11.4 Å². The van der Waals surface area contributed by atoms with E-state index in [1.807, 2.05) is 0 Å². The second-order valence-corrected chi connectivity index (χ2v) is 4.30. The SMILES string of the molecule is CCOC(=O)/C(=C/N(C)C)C(=O)c1cc(F)c(F)cc1F. The zero-order valence-corrected chi connectivity index (χ0v) is 11.7. The zero-order valence-electron chi connectivity index (χ0n) is 11.7. The van der Waals surface area contributed by atoms with Crippen molar-refractivity contribution in [2.75, 3.05) is 20.7 Å². The van der Waals surface area contributed by atoms with E-state index >= 15 is 0 Å². The Labute approximate surface area is 119 Å². The van der Waals surface area contributed by atoms with E-state index in [2.05, 4.69) is 0 Å². The van der Waals surface area contributed by atoms with Gasteiger partial charge in [0.15, 0.2) is 11.6 Å². The molecular weight excluding hydrogens is 287 g/mol. The van der Waals surface area contributed by atoms with Crippen LogP contribution in [0.5, 0.6) is 0 Å². The Balaban J connectivity index is 3.30. The first kappa shape index (κ1) is 16.7. The molecule has 0 aliphatic rings. The number of esters is 1. The number of carbonyl (C=O) groups is 2. The second-order valence-electron chi connectivity index (χ2n) is 4.30. The van der Waals surface area contributed by atoms with E-state index in [0.29, 0.717) is 6.07 Å². The Bertz CT molecular complexity index is 597. The molecule has 0 radical (unpaired) electrons. The lowest BCUT2D eigenvalue weighted by atomic mass is 10.0. The minimum absolute atomic E-state index is 0.0111. The predicted octanol–water partition coefficient (Wildman–Crippen LogP) is 2.30. The van der Waals surface area contributed by atoms with Gasteiger partial charge in [0.05, 0.1) is 12.2 Å². The molecule has 0 heterocycles. The molecule has 0 saturated carbocycles. The van der Waals surface area contributed by atoms with Crippen LogP contribution in [0.15, 0.2) is 23.9 Å². The molecule has 114 valence electrons. The quantitative estimate of drug-likeness (QED) is 0.209. The predicted molar refractivity (Wildman–Crippen MR) is 69.0 cm³/mol. The van der Waals surface area contributed by atoms with Crippen LogP contribution in [0.2, 0.25) is 0 Å². The molecule has 7 heteroatoms. The molecule has 0 spiro atoms. The fraction of sp³-hybridized carbons (Fsp3) is 0.286. The average molecular weight is 301 g/mol. The van der Waals surface area contributed by atoms with E-state index in [1.54, 1.807) is 0 Å². The van der Waals surface area contributed by atoms with Crippen molar-refractivity contribution in [3.63, 3.8) is 0 Å². The van der Waals surface area contributed by atoms with Crippen LogP contribution in [-0.4, -0.2) is 37.4 Å². The van der Waals surface area contributed by atoms with Crippen LogP contribution in [0.1, 0.15) is 17.3 Å². The maximum atomic E-state index is 13.6. The lowest BCUT2D eigenvalue weighted by molar-refractivity contribution is -0.138. The van der Waals surface area contributed by atoms with E-state index < -0.39 is 40.3 Å². The van der Waals surface area contributed by atoms with Crippen molar-refractivity contribution in [2.45, 2.75) is 6.92 Å². The fourth-order valence-corrected chi connectivity index (χ4v) is 1.51. The zero-order chi connectivity index (χ0) is 16.2. The first-order valence-electron chi connectivity index (χ1n) is 6.02. The molecule has 0 fully saturated rings. The van der Waals surface area contributed by atoms with Crippen LogP contribution < -0.4 is 0 Å². The maximum Gasteiger partial charge on any atom is 0.343 e. The van der Waals surface area contributed by atoms with Gasteiger partial charge in [0.2, 0.25) is 5.78 Å². The van der Waals surface area contributed by atoms with Gasteiger partial charge in [0.25, 0.3) is 0 Å². The number of halogens is 3. The third kappa shape index (κ3) is 4.08. The number of hydrogen-bond donors (Lipinski definition) is 0. The molecule has 0 bridgehead atoms. The highest BCUT2D eigenvalue weighted by Crippen LogP contribution is 2.18. The van der Waals surface area contributed by atoms with Crippen molar-refractivity contribution in [1.29, 1.82) is 0 Å². The number of ketones is 1. The van der Waals surface area contributed by atoms with E-state index in [9.17, 15) is 22.8 Å². The van der Waals surface area contributed by atoms with Crippen LogP contribution in [-0.2, 0) is 9.53 Å². The first-order chi connectivity index (χ1) is 9.77. The van der Waals surface area contributed by atoms with Crippen molar-refractivity contribution in [3.05, 3.63) is 46.9 Å². The first-order valence-corrected chi connectivity index (χ1v) is 6.02. The van der Waals surface area contributed by atoms with Gasteiger partial charge in [-0.15, -0.1) is 0 Å². The average Bonchev–Trinajstić information content (AvgIpc) is 2.39. The van der Waals surface area contributed by atoms with Crippen molar-refractivity contribution < 1.29 is 27.5 Å². The van der Waals surface area contributed by atoms with Gasteiger partial charge in [0, 0.05) is 26.4 Å². The molecule has 0 unspecified atom stereocenters. The second kappa shape index (κ2) is 6.92. The Morgan fingerprint density at radius 2 is 1.71 bits per heavy atom. The Kier molecular flexibility index (Phi) is 5.52. The number of rotatable bonds is 5. The van der Waals surface area contributed by atoms with Crippen molar-refractivity contribution in [1.82, 2.24) is 4.90 Å². The normalized spacial score (nSPS) is 11.2. The van der Waals surface area contributed by atoms with Gasteiger partial charge in [-0.3, -0.25) is 4.79 Å². The number of Topliss-reactive ketones (excluding diaryl/α,β-unsaturated/α-hetero) is 1. The summed E-state index contributed by atoms with van der Waals surface area (Å²) in [4.78, 5) is 25.3. The van der Waals surface area contributed by atoms with Crippen LogP contribution in [0.4, 0.5) is 13.2 Å². The summed E-state index contributed by atoms with van der Waals surface area (Å²) >= 11 is 0. The van der Waals surface area contributed by atoms with Crippen LogP contribution in [0.3, 0.4) is 0 Å². The third-order valence-corrected chi connectivity index (χ3v) is 2.38. The van der Waals surface area contributed by atoms with Crippen LogP contribution in [0, 0.1) is 17.5 Å². The van der Waals surface area contributed by atoms with Crippen molar-refractivity contribution in [3.8, 4) is 0 Å². The summed E-state index contributed by atoms with van der Waals surface area (Å²) in [6, 6.07) is 0.663. The molecule has 0 aliphatic heterocycles. The van der Waals surface area contributed by atoms with Gasteiger partial charge >= 0.3 is 5.97 Å². The van der Waals surface area contributed by atoms with Gasteiger partial charge < -0.3 is 9.64 Å². The van der Waals surface area contributed by atoms with Gasteiger partial charge in [-0.05, 0) is 13.0 Å². The lowest BCUT2D eigenvalue weighted by Crippen LogP contribution is -2.20. The molecule has 0 aromatic heterocycles. The van der Waals surface area contributed by atoms with E-state index in [0.717, 1.165) is 6.20 Å². The van der Waals surface area contributed by atoms with Crippen molar-refractivity contribution in [2.24, 2.45) is 0 Å². The number of hydrogen-bond acceptors (Lipinski definition) is 4. The van der Waals surface area contributed by atoms with Gasteiger partial charge in [-0.2, -0.15) is 0 Å². The number of carbonyl (C=O) groups excluding carboxylic acids is 2. The summed E-state index contributed by atoms with van der Waals surface area (Å²) in [5, 5.41) is 0. The van der Waals surface area contributed by atoms with Gasteiger partial charge in [-0.1, -0.05) is 0 Å². The van der Waals surface area contributed by atoms with E-state index in [1.165, 1.54) is 25.9 Å². The number of nitrogens with zero attached hydrogens (tertiary/aromatic N) is 1. The molecular formula is C14H14F3NO3. The Morgan fingerprint density at radius 3 is 2.24 bits per heavy atom. The molecule has 0 amide bonds. The molecule has 1 aromatic rings. The lowest BCUT2D eigenvalue weighted by Gasteiger charge is -2.11. The monoisotopic (exact) mass is 301 g/mol. The van der Waals surface area contributed by atoms with E-state index in [4.69, 9.17) is 4.74 Å². The van der Waals surface area contributed by atoms with Gasteiger partial charge in [-0.25, -0.2) is 18.0 Å². The summed E-state index contributed by atoms with van der Waals surface area (Å²) in [6.07, 6.45) is 1.13. The molecule has 0 atom stereocenters. The number of ether oxygens (including phenoxy) is 1. The summed E-state index contributed by atoms with van der Waals surface area (Å²) in [7, 11) is 3.07. The summed E-state index contributed by atoms with van der Waals surface area (Å²) in [5.41, 5.74) is -1.22. The Morgan fingerprint density at radius 1 is 1.14 bits per heavy atom. The minimum Gasteiger partial charge on any atom is -0.462 e. The molecule has 4 nitrogen and oxygen atoms in total. The molecule has 0 N–H and O–H groups in total. The summed E-state index contributed by atoms with van der Waals surface area (Å²) in [6.45, 7) is 1.55.